The SMILES string of the molecule is CCc1cc(C)cc(CC)c1-c1c(OCc2ccccc2)c(C=O)nn(C)c1=O. The topological polar surface area (TPSA) is 61.2 Å². The zero-order chi connectivity index (χ0) is 21.0. The fourth-order valence-electron chi connectivity index (χ4n) is 3.63. The highest BCUT2D eigenvalue weighted by Crippen LogP contribution is 2.35. The molecule has 29 heavy (non-hydrogen) atoms. The molecule has 0 radical (unpaired) electrons. The van der Waals surface area contributed by atoms with Crippen LogP contribution in [0.15, 0.2) is 47.3 Å². The van der Waals surface area contributed by atoms with Gasteiger partial charge in [-0.2, -0.15) is 5.10 Å². The number of carbonyl (C=O) groups excluding carboxylic acids is 1. The van der Waals surface area contributed by atoms with Crippen LogP contribution < -0.4 is 10.3 Å². The quantitative estimate of drug-likeness (QED) is 0.565. The van der Waals surface area contributed by atoms with Crippen LogP contribution in [0.2, 0.25) is 0 Å². The van der Waals surface area contributed by atoms with Crippen molar-refractivity contribution in [1.82, 2.24) is 9.78 Å². The number of aromatic nitrogens is 2. The van der Waals surface area contributed by atoms with Gasteiger partial charge in [-0.05, 0) is 42.0 Å². The molecule has 1 aromatic heterocycles. The summed E-state index contributed by atoms with van der Waals surface area (Å²) in [6.45, 7) is 6.43. The van der Waals surface area contributed by atoms with E-state index in [1.54, 1.807) is 7.05 Å². The molecule has 0 saturated heterocycles. The number of rotatable bonds is 7. The predicted octanol–water partition coefficient (Wildman–Crippen LogP) is 4.27. The predicted molar refractivity (Wildman–Crippen MR) is 115 cm³/mol. The molecule has 0 unspecified atom stereocenters. The molecule has 3 aromatic rings. The van der Waals surface area contributed by atoms with Gasteiger partial charge in [-0.15, -0.1) is 0 Å². The molecule has 0 atom stereocenters. The maximum absolute atomic E-state index is 13.2. The fourth-order valence-corrected chi connectivity index (χ4v) is 3.63. The highest BCUT2D eigenvalue weighted by atomic mass is 16.5. The molecular weight excluding hydrogens is 364 g/mol. The van der Waals surface area contributed by atoms with Gasteiger partial charge in [0.1, 0.15) is 6.61 Å². The zero-order valence-corrected chi connectivity index (χ0v) is 17.4. The van der Waals surface area contributed by atoms with E-state index in [1.165, 1.54) is 4.68 Å². The summed E-state index contributed by atoms with van der Waals surface area (Å²) in [6.07, 6.45) is 2.18. The van der Waals surface area contributed by atoms with Gasteiger partial charge < -0.3 is 4.74 Å². The average molecular weight is 390 g/mol. The Morgan fingerprint density at radius 3 is 2.21 bits per heavy atom. The maximum atomic E-state index is 13.2. The van der Waals surface area contributed by atoms with Crippen LogP contribution in [0.1, 0.15) is 46.6 Å². The Kier molecular flexibility index (Phi) is 6.27. The number of aryl methyl sites for hydroxylation is 4. The van der Waals surface area contributed by atoms with Gasteiger partial charge >= 0.3 is 0 Å². The molecule has 0 aliphatic rings. The molecule has 5 nitrogen and oxygen atoms in total. The van der Waals surface area contributed by atoms with Crippen LogP contribution in [-0.4, -0.2) is 16.1 Å². The summed E-state index contributed by atoms with van der Waals surface area (Å²) in [5, 5.41) is 4.13. The van der Waals surface area contributed by atoms with Crippen molar-refractivity contribution < 1.29 is 9.53 Å². The molecule has 0 saturated carbocycles. The molecule has 1 heterocycles. The van der Waals surface area contributed by atoms with Gasteiger partial charge in [0.05, 0.1) is 5.56 Å². The van der Waals surface area contributed by atoms with E-state index in [2.05, 4.69) is 38.0 Å². The van der Waals surface area contributed by atoms with E-state index in [1.807, 2.05) is 30.3 Å². The Morgan fingerprint density at radius 2 is 1.66 bits per heavy atom. The van der Waals surface area contributed by atoms with E-state index in [4.69, 9.17) is 4.74 Å². The molecule has 0 bridgehead atoms. The summed E-state index contributed by atoms with van der Waals surface area (Å²) in [4.78, 5) is 25.0. The number of nitrogens with zero attached hydrogens (tertiary/aromatic N) is 2. The average Bonchev–Trinajstić information content (AvgIpc) is 2.74. The summed E-state index contributed by atoms with van der Waals surface area (Å²) in [7, 11) is 1.56. The Bertz CT molecular complexity index is 1060. The third kappa shape index (κ3) is 4.14. The van der Waals surface area contributed by atoms with Crippen molar-refractivity contribution in [1.29, 1.82) is 0 Å². The van der Waals surface area contributed by atoms with Crippen LogP contribution in [0.25, 0.3) is 11.1 Å². The van der Waals surface area contributed by atoms with Crippen LogP contribution in [0.3, 0.4) is 0 Å². The van der Waals surface area contributed by atoms with Gasteiger partial charge in [-0.25, -0.2) is 4.68 Å². The fraction of sp³-hybridized carbons (Fsp3) is 0.292. The summed E-state index contributed by atoms with van der Waals surface area (Å²) in [5.74, 6) is 0.250. The summed E-state index contributed by atoms with van der Waals surface area (Å²) < 4.78 is 7.27. The first kappa shape index (κ1) is 20.5. The smallest absolute Gasteiger partial charge is 0.278 e. The van der Waals surface area contributed by atoms with E-state index in [9.17, 15) is 9.59 Å². The molecular formula is C24H26N2O3. The third-order valence-electron chi connectivity index (χ3n) is 5.02. The van der Waals surface area contributed by atoms with Crippen LogP contribution in [0.5, 0.6) is 5.75 Å². The van der Waals surface area contributed by atoms with Crippen LogP contribution >= 0.6 is 0 Å². The van der Waals surface area contributed by atoms with Gasteiger partial charge in [0, 0.05) is 7.05 Å². The van der Waals surface area contributed by atoms with E-state index >= 15 is 0 Å². The minimum atomic E-state index is -0.271. The van der Waals surface area contributed by atoms with Crippen molar-refractivity contribution in [3.8, 4) is 16.9 Å². The van der Waals surface area contributed by atoms with Crippen molar-refractivity contribution in [3.63, 3.8) is 0 Å². The van der Waals surface area contributed by atoms with E-state index in [0.717, 1.165) is 40.7 Å². The Balaban J connectivity index is 2.27. The molecule has 3 rings (SSSR count). The van der Waals surface area contributed by atoms with E-state index in [-0.39, 0.29) is 23.6 Å². The summed E-state index contributed by atoms with van der Waals surface area (Å²) >= 11 is 0. The number of hydrogen-bond donors (Lipinski definition) is 0. The number of ether oxygens (including phenoxy) is 1. The van der Waals surface area contributed by atoms with Crippen molar-refractivity contribution in [3.05, 3.63) is 80.8 Å². The first-order chi connectivity index (χ1) is 14.0. The van der Waals surface area contributed by atoms with Gasteiger partial charge in [0.2, 0.25) is 0 Å². The maximum Gasteiger partial charge on any atom is 0.278 e. The molecule has 0 amide bonds. The molecule has 150 valence electrons. The van der Waals surface area contributed by atoms with Crippen LogP contribution in [0, 0.1) is 6.92 Å². The lowest BCUT2D eigenvalue weighted by molar-refractivity contribution is 0.111. The van der Waals surface area contributed by atoms with E-state index in [0.29, 0.717) is 11.8 Å². The molecule has 2 aromatic carbocycles. The molecule has 0 fully saturated rings. The molecule has 5 heteroatoms. The number of carbonyl (C=O) groups is 1. The Labute approximate surface area is 171 Å². The minimum absolute atomic E-state index is 0.128. The standard InChI is InChI=1S/C24H26N2O3/c1-5-18-12-16(3)13-19(6-2)21(18)22-23(20(14-27)25-26(4)24(22)28)29-15-17-10-8-7-9-11-17/h7-14H,5-6,15H2,1-4H3. The summed E-state index contributed by atoms with van der Waals surface area (Å²) in [6, 6.07) is 13.8. The van der Waals surface area contributed by atoms with Crippen molar-refractivity contribution in [2.24, 2.45) is 7.05 Å². The lowest BCUT2D eigenvalue weighted by Crippen LogP contribution is -2.25. The number of hydrogen-bond acceptors (Lipinski definition) is 4. The largest absolute Gasteiger partial charge is 0.486 e. The Morgan fingerprint density at radius 1 is 1.03 bits per heavy atom. The van der Waals surface area contributed by atoms with E-state index < -0.39 is 0 Å². The number of benzene rings is 2. The van der Waals surface area contributed by atoms with Gasteiger partial charge in [0.25, 0.3) is 5.56 Å². The highest BCUT2D eigenvalue weighted by molar-refractivity contribution is 5.85. The Hall–Kier alpha value is -3.21. The van der Waals surface area contributed by atoms with Gasteiger partial charge in [-0.3, -0.25) is 9.59 Å². The first-order valence-electron chi connectivity index (χ1n) is 9.86. The summed E-state index contributed by atoms with van der Waals surface area (Å²) in [5.41, 5.74) is 5.35. The second-order valence-electron chi connectivity index (χ2n) is 7.08. The second kappa shape index (κ2) is 8.86. The zero-order valence-electron chi connectivity index (χ0n) is 17.4. The van der Waals surface area contributed by atoms with Gasteiger partial charge in [0.15, 0.2) is 17.7 Å². The minimum Gasteiger partial charge on any atom is -0.486 e. The monoisotopic (exact) mass is 390 g/mol. The highest BCUT2D eigenvalue weighted by Gasteiger charge is 2.23. The van der Waals surface area contributed by atoms with Crippen molar-refractivity contribution in [2.45, 2.75) is 40.2 Å². The second-order valence-corrected chi connectivity index (χ2v) is 7.08. The van der Waals surface area contributed by atoms with Crippen molar-refractivity contribution >= 4 is 6.29 Å². The lowest BCUT2D eigenvalue weighted by atomic mass is 9.90. The molecule has 0 spiro atoms. The van der Waals surface area contributed by atoms with Gasteiger partial charge in [-0.1, -0.05) is 61.9 Å². The lowest BCUT2D eigenvalue weighted by Gasteiger charge is -2.19. The first-order valence-corrected chi connectivity index (χ1v) is 9.86. The van der Waals surface area contributed by atoms with Crippen molar-refractivity contribution in [2.75, 3.05) is 0 Å². The third-order valence-corrected chi connectivity index (χ3v) is 5.02. The van der Waals surface area contributed by atoms with Crippen LogP contribution in [0.4, 0.5) is 0 Å². The molecule has 0 aliphatic heterocycles. The van der Waals surface area contributed by atoms with Crippen LogP contribution in [-0.2, 0) is 26.5 Å². The molecule has 0 N–H and O–H groups in total. The molecule has 0 aliphatic carbocycles. The number of aldehydes is 1. The normalized spacial score (nSPS) is 10.8.